The molecule has 0 unspecified atom stereocenters. The molecule has 0 aliphatic rings. The molecule has 1 amide bonds. The minimum Gasteiger partial charge on any atom is -0.479 e. The molecule has 0 fully saturated rings. The highest BCUT2D eigenvalue weighted by atomic mass is 32.2. The Morgan fingerprint density at radius 1 is 1.43 bits per heavy atom. The van der Waals surface area contributed by atoms with Gasteiger partial charge < -0.3 is 10.4 Å². The number of carboxylic acid groups (broad SMARTS) is 1. The summed E-state index contributed by atoms with van der Waals surface area (Å²) in [6.07, 6.45) is 4.19. The molecule has 0 aliphatic heterocycles. The Bertz CT molecular complexity index is 633. The summed E-state index contributed by atoms with van der Waals surface area (Å²) < 4.78 is 23.1. The van der Waals surface area contributed by atoms with Gasteiger partial charge in [-0.1, -0.05) is 0 Å². The van der Waals surface area contributed by atoms with Crippen LogP contribution in [0.25, 0.3) is 0 Å². The molecule has 0 radical (unpaired) electrons. The predicted octanol–water partition coefficient (Wildman–Crippen LogP) is 0.466. The fraction of sp³-hybridized carbons (Fsp3) is 0.583. The van der Waals surface area contributed by atoms with Crippen molar-refractivity contribution in [3.8, 4) is 0 Å². The Morgan fingerprint density at radius 2 is 2.05 bits per heavy atom. The van der Waals surface area contributed by atoms with Crippen molar-refractivity contribution in [2.24, 2.45) is 0 Å². The zero-order chi connectivity index (χ0) is 16.3. The Labute approximate surface area is 123 Å². The van der Waals surface area contributed by atoms with Gasteiger partial charge in [-0.15, -0.1) is 0 Å². The number of nitrogens with zero attached hydrogens (tertiary/aromatic N) is 2. The van der Waals surface area contributed by atoms with E-state index < -0.39 is 21.3 Å². The molecule has 0 saturated heterocycles. The van der Waals surface area contributed by atoms with Gasteiger partial charge in [0, 0.05) is 18.9 Å². The first-order valence-electron chi connectivity index (χ1n) is 6.28. The highest BCUT2D eigenvalue weighted by molar-refractivity contribution is 7.90. The maximum atomic E-state index is 11.6. The summed E-state index contributed by atoms with van der Waals surface area (Å²) in [4.78, 5) is 22.7. The van der Waals surface area contributed by atoms with Crippen molar-refractivity contribution in [1.82, 2.24) is 9.78 Å². The van der Waals surface area contributed by atoms with E-state index in [4.69, 9.17) is 5.11 Å². The third-order valence-corrected chi connectivity index (χ3v) is 3.91. The number of rotatable bonds is 7. The van der Waals surface area contributed by atoms with E-state index in [2.05, 4.69) is 10.4 Å². The van der Waals surface area contributed by atoms with Crippen molar-refractivity contribution >= 4 is 27.4 Å². The number of anilines is 1. The lowest BCUT2D eigenvalue weighted by Crippen LogP contribution is -2.35. The van der Waals surface area contributed by atoms with Gasteiger partial charge in [0.2, 0.25) is 5.91 Å². The van der Waals surface area contributed by atoms with E-state index in [-0.39, 0.29) is 24.5 Å². The molecular weight excluding hydrogens is 298 g/mol. The molecule has 2 N–H and O–H groups in total. The summed E-state index contributed by atoms with van der Waals surface area (Å²) in [5, 5.41) is 15.5. The third-order valence-electron chi connectivity index (χ3n) is 2.88. The molecule has 9 heteroatoms. The molecule has 0 saturated carbocycles. The molecule has 0 aliphatic carbocycles. The van der Waals surface area contributed by atoms with Crippen LogP contribution in [0.5, 0.6) is 0 Å². The summed E-state index contributed by atoms with van der Waals surface area (Å²) in [7, 11) is -3.08. The number of hydrogen-bond donors (Lipinski definition) is 2. The van der Waals surface area contributed by atoms with Gasteiger partial charge in [0.25, 0.3) is 0 Å². The minimum absolute atomic E-state index is 0.0499. The van der Waals surface area contributed by atoms with E-state index in [1.54, 1.807) is 0 Å². The number of nitrogens with one attached hydrogen (secondary N) is 1. The first-order valence-corrected chi connectivity index (χ1v) is 8.34. The number of hydrogen-bond acceptors (Lipinski definition) is 5. The number of carbonyl (C=O) groups is 2. The van der Waals surface area contributed by atoms with Crippen molar-refractivity contribution in [3.63, 3.8) is 0 Å². The van der Waals surface area contributed by atoms with Crippen molar-refractivity contribution in [1.29, 1.82) is 0 Å². The van der Waals surface area contributed by atoms with Crippen molar-refractivity contribution in [2.45, 2.75) is 32.2 Å². The first-order chi connectivity index (χ1) is 9.52. The Hall–Kier alpha value is -1.90. The molecule has 1 rings (SSSR count). The number of amides is 1. The highest BCUT2D eigenvalue weighted by Crippen LogP contribution is 2.17. The fourth-order valence-electron chi connectivity index (χ4n) is 1.51. The van der Waals surface area contributed by atoms with Gasteiger partial charge in [-0.3, -0.25) is 9.48 Å². The van der Waals surface area contributed by atoms with Crippen LogP contribution in [0.2, 0.25) is 0 Å². The SMILES string of the molecule is CC(C)(C(=O)O)n1cc(NC(=O)CCCS(C)(=O)=O)cn1. The average molecular weight is 317 g/mol. The van der Waals surface area contributed by atoms with E-state index in [1.165, 1.54) is 30.9 Å². The molecule has 8 nitrogen and oxygen atoms in total. The average Bonchev–Trinajstić information content (AvgIpc) is 2.75. The van der Waals surface area contributed by atoms with Gasteiger partial charge in [0.05, 0.1) is 17.6 Å². The molecule has 118 valence electrons. The van der Waals surface area contributed by atoms with Crippen LogP contribution in [0.4, 0.5) is 5.69 Å². The summed E-state index contributed by atoms with van der Waals surface area (Å²) >= 11 is 0. The third kappa shape index (κ3) is 5.18. The van der Waals surface area contributed by atoms with E-state index in [1.807, 2.05) is 0 Å². The maximum Gasteiger partial charge on any atom is 0.331 e. The molecule has 1 aromatic rings. The lowest BCUT2D eigenvalue weighted by molar-refractivity contribution is -0.146. The standard InChI is InChI=1S/C12H19N3O5S/c1-12(2,11(17)18)15-8-9(7-13-15)14-10(16)5-4-6-21(3,19)20/h7-8H,4-6H2,1-3H3,(H,14,16)(H,17,18). The largest absolute Gasteiger partial charge is 0.479 e. The van der Waals surface area contributed by atoms with E-state index in [9.17, 15) is 18.0 Å². The van der Waals surface area contributed by atoms with Crippen molar-refractivity contribution in [2.75, 3.05) is 17.3 Å². The lowest BCUT2D eigenvalue weighted by atomic mass is 10.1. The van der Waals surface area contributed by atoms with E-state index in [0.29, 0.717) is 5.69 Å². The maximum absolute atomic E-state index is 11.6. The van der Waals surface area contributed by atoms with Gasteiger partial charge in [0.15, 0.2) is 5.54 Å². The summed E-state index contributed by atoms with van der Waals surface area (Å²) in [6, 6.07) is 0. The molecular formula is C12H19N3O5S. The van der Waals surface area contributed by atoms with Gasteiger partial charge in [-0.2, -0.15) is 5.10 Å². The quantitative estimate of drug-likeness (QED) is 0.754. The Kier molecular flexibility index (Phi) is 5.10. The lowest BCUT2D eigenvalue weighted by Gasteiger charge is -2.19. The zero-order valence-corrected chi connectivity index (χ0v) is 13.0. The summed E-state index contributed by atoms with van der Waals surface area (Å²) in [5.74, 6) is -1.44. The van der Waals surface area contributed by atoms with Crippen molar-refractivity contribution in [3.05, 3.63) is 12.4 Å². The van der Waals surface area contributed by atoms with Gasteiger partial charge in [-0.25, -0.2) is 13.2 Å². The molecule has 0 spiro atoms. The molecule has 1 heterocycles. The van der Waals surface area contributed by atoms with Gasteiger partial charge in [0.1, 0.15) is 9.84 Å². The molecule has 0 atom stereocenters. The number of aliphatic carboxylic acids is 1. The fourth-order valence-corrected chi connectivity index (χ4v) is 2.18. The molecule has 0 bridgehead atoms. The van der Waals surface area contributed by atoms with Crippen molar-refractivity contribution < 1.29 is 23.1 Å². The van der Waals surface area contributed by atoms with E-state index in [0.717, 1.165) is 6.26 Å². The van der Waals surface area contributed by atoms with Crippen LogP contribution < -0.4 is 5.32 Å². The number of aromatic nitrogens is 2. The molecule has 21 heavy (non-hydrogen) atoms. The van der Waals surface area contributed by atoms with Crippen LogP contribution in [-0.2, 0) is 25.0 Å². The second kappa shape index (κ2) is 6.25. The van der Waals surface area contributed by atoms with E-state index >= 15 is 0 Å². The van der Waals surface area contributed by atoms with Crippen LogP contribution >= 0.6 is 0 Å². The highest BCUT2D eigenvalue weighted by Gasteiger charge is 2.30. The molecule has 1 aromatic heterocycles. The number of sulfone groups is 1. The Morgan fingerprint density at radius 3 is 2.57 bits per heavy atom. The zero-order valence-electron chi connectivity index (χ0n) is 12.2. The van der Waals surface area contributed by atoms with Crippen LogP contribution in [0.15, 0.2) is 12.4 Å². The monoisotopic (exact) mass is 317 g/mol. The van der Waals surface area contributed by atoms with Crippen LogP contribution in [-0.4, -0.2) is 47.2 Å². The summed E-state index contributed by atoms with van der Waals surface area (Å²) in [5.41, 5.74) is -0.854. The number of carboxylic acids is 1. The Balaban J connectivity index is 2.59. The normalized spacial score (nSPS) is 12.1. The van der Waals surface area contributed by atoms with Crippen LogP contribution in [0.1, 0.15) is 26.7 Å². The second-order valence-electron chi connectivity index (χ2n) is 5.32. The predicted molar refractivity (Wildman–Crippen MR) is 76.8 cm³/mol. The van der Waals surface area contributed by atoms with Crippen LogP contribution in [0, 0.1) is 0 Å². The first kappa shape index (κ1) is 17.2. The van der Waals surface area contributed by atoms with Crippen LogP contribution in [0.3, 0.4) is 0 Å². The second-order valence-corrected chi connectivity index (χ2v) is 7.58. The van der Waals surface area contributed by atoms with Gasteiger partial charge in [-0.05, 0) is 20.3 Å². The smallest absolute Gasteiger partial charge is 0.331 e. The topological polar surface area (TPSA) is 118 Å². The number of carbonyl (C=O) groups excluding carboxylic acids is 1. The molecule has 0 aromatic carbocycles. The minimum atomic E-state index is -3.08. The van der Waals surface area contributed by atoms with Gasteiger partial charge >= 0.3 is 5.97 Å². The summed E-state index contributed by atoms with van der Waals surface area (Å²) in [6.45, 7) is 2.97.